The minimum atomic E-state index is -0.137. The Labute approximate surface area is 183 Å². The van der Waals surface area contributed by atoms with Gasteiger partial charge in [0, 0.05) is 20.9 Å². The minimum Gasteiger partial charge on any atom is -0.497 e. The summed E-state index contributed by atoms with van der Waals surface area (Å²) in [6.07, 6.45) is 0. The number of carbonyl (C=O) groups excluding carboxylic acids is 2. The third-order valence-corrected chi connectivity index (χ3v) is 6.93. The van der Waals surface area contributed by atoms with E-state index in [0.29, 0.717) is 20.9 Å². The molecule has 0 amide bonds. The number of fused-ring (bicyclic) bond motifs is 1. The van der Waals surface area contributed by atoms with Crippen LogP contribution in [0, 0.1) is 0 Å². The summed E-state index contributed by atoms with van der Waals surface area (Å²) in [5.74, 6) is 1.19. The van der Waals surface area contributed by atoms with Crippen molar-refractivity contribution in [3.8, 4) is 11.5 Å². The topological polar surface area (TPSA) is 52.6 Å². The predicted octanol–water partition coefficient (Wildman–Crippen LogP) is 5.88. The molecule has 0 saturated heterocycles. The molecule has 150 valence electrons. The number of methoxy groups -OCH3 is 2. The maximum atomic E-state index is 13.3. The Morgan fingerprint density at radius 1 is 0.567 bits per heavy atom. The summed E-state index contributed by atoms with van der Waals surface area (Å²) in [5, 5.41) is 0. The fourth-order valence-corrected chi connectivity index (χ4v) is 5.08. The van der Waals surface area contributed by atoms with E-state index in [-0.39, 0.29) is 11.6 Å². The van der Waals surface area contributed by atoms with Crippen LogP contribution in [0.4, 0.5) is 0 Å². The molecule has 0 radical (unpaired) electrons. The van der Waals surface area contributed by atoms with Gasteiger partial charge in [-0.15, -0.1) is 0 Å². The lowest BCUT2D eigenvalue weighted by Crippen LogP contribution is -2.19. The summed E-state index contributed by atoms with van der Waals surface area (Å²) in [6, 6.07) is 21.8. The van der Waals surface area contributed by atoms with E-state index in [4.69, 9.17) is 9.47 Å². The number of thioether (sulfide) groups is 2. The second kappa shape index (κ2) is 8.81. The molecular formula is C24H18O4S2. The highest BCUT2D eigenvalue weighted by molar-refractivity contribution is 8.08. The number of ketones is 2. The molecule has 0 bridgehead atoms. The minimum absolute atomic E-state index is 0.137. The van der Waals surface area contributed by atoms with Gasteiger partial charge < -0.3 is 9.47 Å². The van der Waals surface area contributed by atoms with Crippen LogP contribution in [0.25, 0.3) is 0 Å². The van der Waals surface area contributed by atoms with E-state index < -0.39 is 0 Å². The molecule has 4 rings (SSSR count). The first-order valence-electron chi connectivity index (χ1n) is 9.17. The van der Waals surface area contributed by atoms with Gasteiger partial charge in [-0.3, -0.25) is 9.59 Å². The molecule has 0 saturated carbocycles. The van der Waals surface area contributed by atoms with E-state index >= 15 is 0 Å². The molecule has 1 aliphatic rings. The van der Waals surface area contributed by atoms with Crippen LogP contribution in [-0.4, -0.2) is 25.8 Å². The van der Waals surface area contributed by atoms with Gasteiger partial charge in [-0.05, 0) is 48.5 Å². The Morgan fingerprint density at radius 2 is 0.933 bits per heavy atom. The molecule has 0 atom stereocenters. The van der Waals surface area contributed by atoms with Crippen molar-refractivity contribution in [3.63, 3.8) is 0 Å². The van der Waals surface area contributed by atoms with Gasteiger partial charge in [0.1, 0.15) is 11.5 Å². The lowest BCUT2D eigenvalue weighted by Gasteiger charge is -2.20. The molecule has 1 aliphatic carbocycles. The van der Waals surface area contributed by atoms with Crippen molar-refractivity contribution < 1.29 is 19.1 Å². The summed E-state index contributed by atoms with van der Waals surface area (Å²) >= 11 is 2.60. The van der Waals surface area contributed by atoms with Crippen molar-refractivity contribution in [1.82, 2.24) is 0 Å². The number of rotatable bonds is 6. The highest BCUT2D eigenvalue weighted by Gasteiger charge is 2.33. The summed E-state index contributed by atoms with van der Waals surface area (Å²) in [6.45, 7) is 0. The van der Waals surface area contributed by atoms with Gasteiger partial charge in [-0.2, -0.15) is 0 Å². The molecule has 0 unspecified atom stereocenters. The fraction of sp³-hybridized carbons (Fsp3) is 0.0833. The molecule has 0 aromatic heterocycles. The Balaban J connectivity index is 1.76. The first-order chi connectivity index (χ1) is 14.6. The second-order valence-electron chi connectivity index (χ2n) is 6.42. The monoisotopic (exact) mass is 434 g/mol. The summed E-state index contributed by atoms with van der Waals surface area (Å²) in [5.41, 5.74) is 0.884. The molecule has 0 spiro atoms. The lowest BCUT2D eigenvalue weighted by molar-refractivity contribution is 0.0988. The van der Waals surface area contributed by atoms with Crippen LogP contribution in [0.3, 0.4) is 0 Å². The van der Waals surface area contributed by atoms with Crippen molar-refractivity contribution >= 4 is 35.1 Å². The van der Waals surface area contributed by atoms with Gasteiger partial charge in [0.15, 0.2) is 0 Å². The van der Waals surface area contributed by atoms with Crippen molar-refractivity contribution in [2.45, 2.75) is 9.79 Å². The third kappa shape index (κ3) is 4.01. The van der Waals surface area contributed by atoms with Crippen LogP contribution in [0.2, 0.25) is 0 Å². The van der Waals surface area contributed by atoms with Crippen LogP contribution in [-0.2, 0) is 0 Å². The molecular weight excluding hydrogens is 416 g/mol. The largest absolute Gasteiger partial charge is 0.497 e. The average molecular weight is 435 g/mol. The number of allylic oxidation sites excluding steroid dienone is 2. The smallest absolute Gasteiger partial charge is 0.201 e. The molecule has 3 aromatic carbocycles. The van der Waals surface area contributed by atoms with Gasteiger partial charge in [-0.1, -0.05) is 47.8 Å². The zero-order valence-electron chi connectivity index (χ0n) is 16.4. The number of ether oxygens (including phenoxy) is 2. The Kier molecular flexibility index (Phi) is 5.97. The molecule has 0 aliphatic heterocycles. The second-order valence-corrected chi connectivity index (χ2v) is 8.58. The normalized spacial score (nSPS) is 13.3. The van der Waals surface area contributed by atoms with E-state index in [2.05, 4.69) is 0 Å². The van der Waals surface area contributed by atoms with Crippen molar-refractivity contribution in [3.05, 3.63) is 93.7 Å². The van der Waals surface area contributed by atoms with E-state index in [9.17, 15) is 9.59 Å². The first-order valence-corrected chi connectivity index (χ1v) is 10.8. The zero-order chi connectivity index (χ0) is 21.1. The first kappa shape index (κ1) is 20.3. The molecule has 0 N–H and O–H groups in total. The SMILES string of the molecule is COc1ccc(SC2=C(Sc3ccc(OC)cc3)C(=O)c3ccccc3C2=O)cc1. The van der Waals surface area contributed by atoms with Gasteiger partial charge in [0.2, 0.25) is 11.6 Å². The van der Waals surface area contributed by atoms with E-state index in [1.807, 2.05) is 48.5 Å². The average Bonchev–Trinajstić information content (AvgIpc) is 2.80. The number of carbonyl (C=O) groups is 2. The molecule has 6 heteroatoms. The van der Waals surface area contributed by atoms with Crippen LogP contribution < -0.4 is 9.47 Å². The number of Topliss-reactive ketones (excluding diaryl/α,β-unsaturated/α-hetero) is 2. The quantitative estimate of drug-likeness (QED) is 0.483. The van der Waals surface area contributed by atoms with E-state index in [1.54, 1.807) is 38.5 Å². The predicted molar refractivity (Wildman–Crippen MR) is 120 cm³/mol. The van der Waals surface area contributed by atoms with Crippen LogP contribution in [0.15, 0.2) is 92.4 Å². The summed E-state index contributed by atoms with van der Waals surface area (Å²) in [4.78, 5) is 29.2. The lowest BCUT2D eigenvalue weighted by atomic mass is 9.94. The van der Waals surface area contributed by atoms with Gasteiger partial charge >= 0.3 is 0 Å². The van der Waals surface area contributed by atoms with Crippen LogP contribution in [0.1, 0.15) is 20.7 Å². The number of benzene rings is 3. The molecule has 3 aromatic rings. The van der Waals surface area contributed by atoms with E-state index in [0.717, 1.165) is 21.3 Å². The van der Waals surface area contributed by atoms with Gasteiger partial charge in [-0.25, -0.2) is 0 Å². The molecule has 0 fully saturated rings. The Bertz CT molecular complexity index is 1040. The fourth-order valence-electron chi connectivity index (χ4n) is 3.04. The van der Waals surface area contributed by atoms with Crippen LogP contribution in [0.5, 0.6) is 11.5 Å². The zero-order valence-corrected chi connectivity index (χ0v) is 18.0. The Morgan fingerprint density at radius 3 is 1.27 bits per heavy atom. The maximum absolute atomic E-state index is 13.3. The van der Waals surface area contributed by atoms with Gasteiger partial charge in [0.05, 0.1) is 24.0 Å². The maximum Gasteiger partial charge on any atom is 0.201 e. The molecule has 0 heterocycles. The highest BCUT2D eigenvalue weighted by atomic mass is 32.2. The number of hydrogen-bond acceptors (Lipinski definition) is 6. The highest BCUT2D eigenvalue weighted by Crippen LogP contribution is 2.43. The van der Waals surface area contributed by atoms with Crippen LogP contribution >= 0.6 is 23.5 Å². The molecule has 4 nitrogen and oxygen atoms in total. The van der Waals surface area contributed by atoms with E-state index in [1.165, 1.54) is 23.5 Å². The van der Waals surface area contributed by atoms with Crippen molar-refractivity contribution in [2.24, 2.45) is 0 Å². The standard InChI is InChI=1S/C24H18O4S2/c1-27-15-7-11-17(12-8-15)29-23-21(25)19-5-3-4-6-20(19)22(26)24(23)30-18-13-9-16(28-2)10-14-18/h3-14H,1-2H3. The van der Waals surface area contributed by atoms with Gasteiger partial charge in [0.25, 0.3) is 0 Å². The van der Waals surface area contributed by atoms with Crippen molar-refractivity contribution in [2.75, 3.05) is 14.2 Å². The van der Waals surface area contributed by atoms with Crippen molar-refractivity contribution in [1.29, 1.82) is 0 Å². The third-order valence-electron chi connectivity index (χ3n) is 4.59. The Hall–Kier alpha value is -2.96. The summed E-state index contributed by atoms with van der Waals surface area (Å²) < 4.78 is 10.4. The summed E-state index contributed by atoms with van der Waals surface area (Å²) in [7, 11) is 3.21. The number of hydrogen-bond donors (Lipinski definition) is 0. The molecule has 30 heavy (non-hydrogen) atoms.